The molecule has 0 aliphatic carbocycles. The monoisotopic (exact) mass is 361 g/mol. The number of piperazine rings is 1. The van der Waals surface area contributed by atoms with Crippen LogP contribution in [0, 0.1) is 11.3 Å². The molecule has 24 heavy (non-hydrogen) atoms. The number of nitrogens with zero attached hydrogens (tertiary/aromatic N) is 2. The highest BCUT2D eigenvalue weighted by molar-refractivity contribution is 7.14. The molecule has 1 aromatic carbocycles. The molecule has 3 rings (SSSR count). The third kappa shape index (κ3) is 3.88. The minimum Gasteiger partial charge on any atom is -0.359 e. The number of carbonyl (C=O) groups excluding carboxylic acids is 1. The van der Waals surface area contributed by atoms with Gasteiger partial charge in [-0.05, 0) is 23.6 Å². The zero-order chi connectivity index (χ0) is 16.9. The standard InChI is InChI=1S/C17H17ClN4OS/c18-14-3-1-2-4-15(14)22-8-6-21(7-9-22)12-16(23)20-17-13(11-19)5-10-24-17/h1-5,10H,6-9,12H2,(H,20,23)/p+1. The van der Waals surface area contributed by atoms with Gasteiger partial charge in [0.25, 0.3) is 5.91 Å². The van der Waals surface area contributed by atoms with Crippen molar-refractivity contribution in [3.63, 3.8) is 0 Å². The van der Waals surface area contributed by atoms with Gasteiger partial charge in [-0.1, -0.05) is 23.7 Å². The molecule has 1 fully saturated rings. The van der Waals surface area contributed by atoms with Crippen LogP contribution in [0.25, 0.3) is 0 Å². The lowest BCUT2D eigenvalue weighted by Gasteiger charge is -2.33. The van der Waals surface area contributed by atoms with Gasteiger partial charge in [0.05, 0.1) is 42.5 Å². The maximum absolute atomic E-state index is 12.2. The predicted octanol–water partition coefficient (Wildman–Crippen LogP) is 1.62. The van der Waals surface area contributed by atoms with E-state index >= 15 is 0 Å². The molecular formula is C17H18ClN4OS+. The van der Waals surface area contributed by atoms with Gasteiger partial charge in [-0.3, -0.25) is 4.79 Å². The van der Waals surface area contributed by atoms with Crippen molar-refractivity contribution < 1.29 is 9.69 Å². The van der Waals surface area contributed by atoms with Crippen LogP contribution in [-0.2, 0) is 4.79 Å². The van der Waals surface area contributed by atoms with Gasteiger partial charge < -0.3 is 15.1 Å². The van der Waals surface area contributed by atoms with Gasteiger partial charge in [0.15, 0.2) is 6.54 Å². The number of hydrogen-bond donors (Lipinski definition) is 2. The highest BCUT2D eigenvalue weighted by atomic mass is 35.5. The first-order chi connectivity index (χ1) is 11.7. The van der Waals surface area contributed by atoms with Crippen molar-refractivity contribution in [1.29, 1.82) is 5.26 Å². The Morgan fingerprint density at radius 1 is 1.33 bits per heavy atom. The number of thiophene rings is 1. The van der Waals surface area contributed by atoms with E-state index in [0.29, 0.717) is 17.1 Å². The number of carbonyl (C=O) groups is 1. The SMILES string of the molecule is N#Cc1ccsc1NC(=O)C[NH+]1CCN(c2ccccc2Cl)CC1. The molecule has 2 N–H and O–H groups in total. The Morgan fingerprint density at radius 2 is 2.08 bits per heavy atom. The molecule has 1 aromatic heterocycles. The van der Waals surface area contributed by atoms with Crippen molar-refractivity contribution in [2.24, 2.45) is 0 Å². The number of amides is 1. The lowest BCUT2D eigenvalue weighted by atomic mass is 10.2. The summed E-state index contributed by atoms with van der Waals surface area (Å²) in [6.07, 6.45) is 0. The molecule has 7 heteroatoms. The lowest BCUT2D eigenvalue weighted by Crippen LogP contribution is -3.15. The van der Waals surface area contributed by atoms with Crippen molar-refractivity contribution in [3.05, 3.63) is 46.3 Å². The third-order valence-corrected chi connectivity index (χ3v) is 5.26. The second-order valence-electron chi connectivity index (χ2n) is 5.69. The normalized spacial score (nSPS) is 15.1. The Morgan fingerprint density at radius 3 is 2.79 bits per heavy atom. The molecule has 0 spiro atoms. The van der Waals surface area contributed by atoms with Gasteiger partial charge in [0.1, 0.15) is 11.1 Å². The molecule has 1 aliphatic heterocycles. The number of halogens is 1. The second kappa shape index (κ2) is 7.67. The summed E-state index contributed by atoms with van der Waals surface area (Å²) in [5, 5.41) is 15.0. The van der Waals surface area contributed by atoms with Crippen LogP contribution in [0.2, 0.25) is 5.02 Å². The van der Waals surface area contributed by atoms with Crippen LogP contribution in [0.15, 0.2) is 35.7 Å². The number of rotatable bonds is 4. The highest BCUT2D eigenvalue weighted by Crippen LogP contribution is 2.25. The smallest absolute Gasteiger partial charge is 0.280 e. The van der Waals surface area contributed by atoms with Gasteiger partial charge in [-0.25, -0.2) is 0 Å². The maximum Gasteiger partial charge on any atom is 0.280 e. The third-order valence-electron chi connectivity index (χ3n) is 4.11. The summed E-state index contributed by atoms with van der Waals surface area (Å²) in [5.41, 5.74) is 1.58. The van der Waals surface area contributed by atoms with E-state index in [-0.39, 0.29) is 5.91 Å². The molecule has 5 nitrogen and oxygen atoms in total. The maximum atomic E-state index is 12.2. The molecule has 1 aliphatic rings. The Kier molecular flexibility index (Phi) is 5.36. The van der Waals surface area contributed by atoms with Crippen molar-refractivity contribution >= 4 is 39.5 Å². The molecule has 0 unspecified atom stereocenters. The summed E-state index contributed by atoms with van der Waals surface area (Å²) in [5.74, 6) is -0.0462. The van der Waals surface area contributed by atoms with Gasteiger partial charge in [-0.2, -0.15) is 5.26 Å². The zero-order valence-corrected chi connectivity index (χ0v) is 14.7. The van der Waals surface area contributed by atoms with Crippen LogP contribution in [0.1, 0.15) is 5.56 Å². The lowest BCUT2D eigenvalue weighted by molar-refractivity contribution is -0.892. The molecule has 1 saturated heterocycles. The molecule has 124 valence electrons. The second-order valence-corrected chi connectivity index (χ2v) is 7.01. The van der Waals surface area contributed by atoms with E-state index in [1.54, 1.807) is 6.07 Å². The summed E-state index contributed by atoms with van der Waals surface area (Å²) in [4.78, 5) is 15.7. The number of anilines is 2. The van der Waals surface area contributed by atoms with Crippen molar-refractivity contribution in [2.75, 3.05) is 42.9 Å². The number of hydrogen-bond acceptors (Lipinski definition) is 4. The van der Waals surface area contributed by atoms with Crippen LogP contribution in [0.5, 0.6) is 0 Å². The van der Waals surface area contributed by atoms with Crippen molar-refractivity contribution in [3.8, 4) is 6.07 Å². The molecule has 1 amide bonds. The fraction of sp³-hybridized carbons (Fsp3) is 0.294. The van der Waals surface area contributed by atoms with Crippen LogP contribution >= 0.6 is 22.9 Å². The molecule has 0 radical (unpaired) electrons. The first-order valence-electron chi connectivity index (χ1n) is 7.78. The Labute approximate surface area is 150 Å². The van der Waals surface area contributed by atoms with Crippen molar-refractivity contribution in [2.45, 2.75) is 0 Å². The highest BCUT2D eigenvalue weighted by Gasteiger charge is 2.23. The predicted molar refractivity (Wildman–Crippen MR) is 96.9 cm³/mol. The summed E-state index contributed by atoms with van der Waals surface area (Å²) >= 11 is 7.63. The van der Waals surface area contributed by atoms with E-state index in [1.165, 1.54) is 16.2 Å². The van der Waals surface area contributed by atoms with Gasteiger partial charge >= 0.3 is 0 Å². The molecule has 2 heterocycles. The van der Waals surface area contributed by atoms with Gasteiger partial charge in [0, 0.05) is 0 Å². The summed E-state index contributed by atoms with van der Waals surface area (Å²) < 4.78 is 0. The van der Waals surface area contributed by atoms with E-state index in [9.17, 15) is 4.79 Å². The number of benzene rings is 1. The Balaban J connectivity index is 1.51. The van der Waals surface area contributed by atoms with Crippen LogP contribution in [0.4, 0.5) is 10.7 Å². The molecule has 0 atom stereocenters. The molecule has 0 saturated carbocycles. The molecular weight excluding hydrogens is 344 g/mol. The number of para-hydroxylation sites is 1. The van der Waals surface area contributed by atoms with Crippen molar-refractivity contribution in [1.82, 2.24) is 0 Å². The number of nitrogens with one attached hydrogen (secondary N) is 2. The van der Waals surface area contributed by atoms with Gasteiger partial charge in [0.2, 0.25) is 0 Å². The quantitative estimate of drug-likeness (QED) is 0.870. The summed E-state index contributed by atoms with van der Waals surface area (Å²) in [7, 11) is 0. The number of nitriles is 1. The summed E-state index contributed by atoms with van der Waals surface area (Å²) in [6.45, 7) is 3.92. The fourth-order valence-corrected chi connectivity index (χ4v) is 3.85. The minimum atomic E-state index is -0.0462. The number of quaternary nitrogens is 1. The van der Waals surface area contributed by atoms with Crippen LogP contribution in [0.3, 0.4) is 0 Å². The fourth-order valence-electron chi connectivity index (χ4n) is 2.84. The van der Waals surface area contributed by atoms with Crippen LogP contribution in [-0.4, -0.2) is 38.6 Å². The van der Waals surface area contributed by atoms with E-state index in [1.807, 2.05) is 29.6 Å². The topological polar surface area (TPSA) is 60.6 Å². The minimum absolute atomic E-state index is 0.0462. The average molecular weight is 362 g/mol. The first kappa shape index (κ1) is 16.8. The summed E-state index contributed by atoms with van der Waals surface area (Å²) in [6, 6.07) is 11.6. The zero-order valence-electron chi connectivity index (χ0n) is 13.1. The van der Waals surface area contributed by atoms with E-state index in [4.69, 9.17) is 16.9 Å². The largest absolute Gasteiger partial charge is 0.359 e. The molecule has 0 bridgehead atoms. The first-order valence-corrected chi connectivity index (χ1v) is 9.03. The molecule has 2 aromatic rings. The average Bonchev–Trinajstić information content (AvgIpc) is 3.03. The Hall–Kier alpha value is -2.07. The van der Waals surface area contributed by atoms with Gasteiger partial charge in [-0.15, -0.1) is 11.3 Å². The Bertz CT molecular complexity index is 762. The van der Waals surface area contributed by atoms with E-state index in [0.717, 1.165) is 36.9 Å². The van der Waals surface area contributed by atoms with E-state index in [2.05, 4.69) is 16.3 Å². The van der Waals surface area contributed by atoms with E-state index < -0.39 is 0 Å². The van der Waals surface area contributed by atoms with Crippen LogP contribution < -0.4 is 15.1 Å².